The number of thiophene rings is 1. The van der Waals surface area contributed by atoms with Crippen LogP contribution >= 0.6 is 22.9 Å². The highest BCUT2D eigenvalue weighted by atomic mass is 35.5. The quantitative estimate of drug-likeness (QED) is 0.742. The van der Waals surface area contributed by atoms with Gasteiger partial charge in [0, 0.05) is 50.7 Å². The highest BCUT2D eigenvalue weighted by Crippen LogP contribution is 2.24. The van der Waals surface area contributed by atoms with Gasteiger partial charge in [-0.25, -0.2) is 0 Å². The highest BCUT2D eigenvalue weighted by Gasteiger charge is 2.23. The van der Waals surface area contributed by atoms with E-state index in [9.17, 15) is 4.79 Å². The molecule has 0 bridgehead atoms. The summed E-state index contributed by atoms with van der Waals surface area (Å²) in [5.74, 6) is 0.252. The summed E-state index contributed by atoms with van der Waals surface area (Å²) in [6, 6.07) is 14.5. The summed E-state index contributed by atoms with van der Waals surface area (Å²) >= 11 is 7.68. The molecule has 0 radical (unpaired) electrons. The molecule has 0 N–H and O–H groups in total. The molecule has 0 unspecified atom stereocenters. The average Bonchev–Trinajstić information content (AvgIpc) is 3.15. The number of carbonyl (C=O) groups excluding carboxylic acids is 1. The second-order valence-electron chi connectivity index (χ2n) is 7.44. The number of nitrogens with zero attached hydrogens (tertiary/aromatic N) is 3. The molecule has 1 aromatic carbocycles. The largest absolute Gasteiger partial charge is 0.338 e. The number of amides is 1. The second-order valence-corrected chi connectivity index (χ2v) is 9.24. The Bertz CT molecular complexity index is 827. The minimum atomic E-state index is 0.252. The van der Waals surface area contributed by atoms with Crippen molar-refractivity contribution >= 4 is 34.4 Å². The lowest BCUT2D eigenvalue weighted by molar-refractivity contribution is -0.132. The van der Waals surface area contributed by atoms with Crippen LogP contribution < -0.4 is 0 Å². The van der Waals surface area contributed by atoms with Crippen molar-refractivity contribution in [2.24, 2.45) is 0 Å². The van der Waals surface area contributed by atoms with Crippen molar-refractivity contribution in [2.45, 2.75) is 13.0 Å². The molecule has 2 aliphatic heterocycles. The number of piperazine rings is 1. The van der Waals surface area contributed by atoms with E-state index < -0.39 is 0 Å². The van der Waals surface area contributed by atoms with Crippen molar-refractivity contribution in [3.63, 3.8) is 0 Å². The summed E-state index contributed by atoms with van der Waals surface area (Å²) in [7, 11) is 0. The lowest BCUT2D eigenvalue weighted by Crippen LogP contribution is -2.50. The molecule has 3 heterocycles. The number of carbonyl (C=O) groups is 1. The van der Waals surface area contributed by atoms with Gasteiger partial charge in [-0.2, -0.15) is 0 Å². The first-order chi connectivity index (χ1) is 13.7. The summed E-state index contributed by atoms with van der Waals surface area (Å²) in [5, 5.41) is 0. The maximum absolute atomic E-state index is 12.7. The van der Waals surface area contributed by atoms with Gasteiger partial charge in [0.1, 0.15) is 0 Å². The van der Waals surface area contributed by atoms with Gasteiger partial charge in [0.05, 0.1) is 10.9 Å². The van der Waals surface area contributed by atoms with E-state index in [1.54, 1.807) is 11.3 Å². The molecule has 28 heavy (non-hydrogen) atoms. The van der Waals surface area contributed by atoms with Crippen LogP contribution in [0.2, 0.25) is 4.34 Å². The van der Waals surface area contributed by atoms with E-state index in [-0.39, 0.29) is 5.91 Å². The van der Waals surface area contributed by atoms with Gasteiger partial charge < -0.3 is 4.90 Å². The third-order valence-electron chi connectivity index (χ3n) is 5.54. The van der Waals surface area contributed by atoms with Gasteiger partial charge in [-0.05, 0) is 29.7 Å². The molecule has 1 amide bonds. The third kappa shape index (κ3) is 5.03. The van der Waals surface area contributed by atoms with E-state index in [0.717, 1.165) is 56.6 Å². The van der Waals surface area contributed by atoms with Crippen molar-refractivity contribution in [1.29, 1.82) is 0 Å². The standard InChI is InChI=1S/C22H26ClN3OS/c23-21-7-6-20(28-21)16-24-12-14-25(15-13-24)17-22(27)26-10-8-19(9-11-26)18-4-2-1-3-5-18/h1-8H,9-17H2. The fourth-order valence-electron chi connectivity index (χ4n) is 3.86. The first kappa shape index (κ1) is 19.6. The number of hydrogen-bond donors (Lipinski definition) is 0. The predicted molar refractivity (Wildman–Crippen MR) is 117 cm³/mol. The fraction of sp³-hybridized carbons (Fsp3) is 0.409. The van der Waals surface area contributed by atoms with Gasteiger partial charge >= 0.3 is 0 Å². The Balaban J connectivity index is 1.22. The SMILES string of the molecule is O=C(CN1CCN(Cc2ccc(Cl)s2)CC1)N1CC=C(c2ccccc2)CC1. The molecule has 0 aliphatic carbocycles. The van der Waals surface area contributed by atoms with Crippen LogP contribution in [0.4, 0.5) is 0 Å². The molecule has 1 fully saturated rings. The molecule has 0 atom stereocenters. The van der Waals surface area contributed by atoms with Crippen LogP contribution in [0, 0.1) is 0 Å². The van der Waals surface area contributed by atoms with E-state index in [0.29, 0.717) is 6.54 Å². The van der Waals surface area contributed by atoms with E-state index in [2.05, 4.69) is 46.2 Å². The number of halogens is 1. The average molecular weight is 416 g/mol. The Hall–Kier alpha value is -1.66. The fourth-order valence-corrected chi connectivity index (χ4v) is 4.99. The van der Waals surface area contributed by atoms with Crippen molar-refractivity contribution in [3.05, 3.63) is 63.3 Å². The van der Waals surface area contributed by atoms with Crippen LogP contribution in [0.25, 0.3) is 5.57 Å². The van der Waals surface area contributed by atoms with Gasteiger partial charge in [-0.1, -0.05) is 48.0 Å². The summed E-state index contributed by atoms with van der Waals surface area (Å²) < 4.78 is 0.852. The van der Waals surface area contributed by atoms with Gasteiger partial charge in [0.25, 0.3) is 0 Å². The zero-order valence-electron chi connectivity index (χ0n) is 16.0. The van der Waals surface area contributed by atoms with Crippen molar-refractivity contribution in [1.82, 2.24) is 14.7 Å². The Labute approximate surface area is 176 Å². The summed E-state index contributed by atoms with van der Waals surface area (Å²) in [6.07, 6.45) is 3.15. The molecule has 148 valence electrons. The molecule has 2 aliphatic rings. The van der Waals surface area contributed by atoms with E-state index >= 15 is 0 Å². The van der Waals surface area contributed by atoms with E-state index in [1.165, 1.54) is 16.0 Å². The third-order valence-corrected chi connectivity index (χ3v) is 6.75. The van der Waals surface area contributed by atoms with Gasteiger partial charge in [-0.15, -0.1) is 11.3 Å². The van der Waals surface area contributed by atoms with Crippen molar-refractivity contribution in [3.8, 4) is 0 Å². The van der Waals surface area contributed by atoms with Gasteiger partial charge in [0.2, 0.25) is 5.91 Å². The second kappa shape index (κ2) is 9.23. The molecule has 0 saturated carbocycles. The minimum absolute atomic E-state index is 0.252. The molecule has 1 saturated heterocycles. The molecular weight excluding hydrogens is 390 g/mol. The Kier molecular flexibility index (Phi) is 6.47. The zero-order valence-corrected chi connectivity index (χ0v) is 17.6. The van der Waals surface area contributed by atoms with Crippen molar-refractivity contribution in [2.75, 3.05) is 45.8 Å². The van der Waals surface area contributed by atoms with Crippen molar-refractivity contribution < 1.29 is 4.79 Å². The van der Waals surface area contributed by atoms with Crippen LogP contribution in [-0.4, -0.2) is 66.4 Å². The van der Waals surface area contributed by atoms with Crippen LogP contribution in [0.15, 0.2) is 48.5 Å². The number of benzene rings is 1. The summed E-state index contributed by atoms with van der Waals surface area (Å²) in [4.78, 5) is 20.7. The lowest BCUT2D eigenvalue weighted by atomic mass is 9.99. The Morgan fingerprint density at radius 2 is 1.71 bits per heavy atom. The van der Waals surface area contributed by atoms with E-state index in [1.807, 2.05) is 17.0 Å². The van der Waals surface area contributed by atoms with Crippen LogP contribution in [-0.2, 0) is 11.3 Å². The maximum atomic E-state index is 12.7. The Morgan fingerprint density at radius 3 is 2.36 bits per heavy atom. The lowest BCUT2D eigenvalue weighted by Gasteiger charge is -2.35. The first-order valence-corrected chi connectivity index (χ1v) is 11.1. The van der Waals surface area contributed by atoms with Gasteiger partial charge in [0.15, 0.2) is 0 Å². The summed E-state index contributed by atoms with van der Waals surface area (Å²) in [6.45, 7) is 6.93. The molecule has 4 nitrogen and oxygen atoms in total. The van der Waals surface area contributed by atoms with E-state index in [4.69, 9.17) is 11.6 Å². The molecule has 2 aromatic rings. The number of rotatable bonds is 5. The highest BCUT2D eigenvalue weighted by molar-refractivity contribution is 7.16. The molecule has 4 rings (SSSR count). The van der Waals surface area contributed by atoms with Crippen LogP contribution in [0.3, 0.4) is 0 Å². The van der Waals surface area contributed by atoms with Crippen LogP contribution in [0.1, 0.15) is 16.9 Å². The first-order valence-electron chi connectivity index (χ1n) is 9.88. The monoisotopic (exact) mass is 415 g/mol. The molecule has 6 heteroatoms. The minimum Gasteiger partial charge on any atom is -0.338 e. The van der Waals surface area contributed by atoms with Gasteiger partial charge in [-0.3, -0.25) is 14.6 Å². The topological polar surface area (TPSA) is 26.8 Å². The Morgan fingerprint density at radius 1 is 0.964 bits per heavy atom. The molecule has 0 spiro atoms. The zero-order chi connectivity index (χ0) is 19.3. The number of hydrogen-bond acceptors (Lipinski definition) is 4. The van der Waals surface area contributed by atoms with Crippen LogP contribution in [0.5, 0.6) is 0 Å². The molecule has 1 aromatic heterocycles. The molecular formula is C22H26ClN3OS. The summed E-state index contributed by atoms with van der Waals surface area (Å²) in [5.41, 5.74) is 2.63. The maximum Gasteiger partial charge on any atom is 0.237 e. The smallest absolute Gasteiger partial charge is 0.237 e. The normalized spacial score (nSPS) is 18.9. The predicted octanol–water partition coefficient (Wildman–Crippen LogP) is 3.84.